The summed E-state index contributed by atoms with van der Waals surface area (Å²) in [5, 5.41) is 2.05. The molecule has 6 heterocycles. The maximum Gasteiger partial charge on any atom is 0.189 e. The fourth-order valence-corrected chi connectivity index (χ4v) is 7.98. The predicted octanol–water partition coefficient (Wildman–Crippen LogP) is 6.11. The molecular formula is C31H37N5O2S2. The number of aromatic nitrogens is 3. The monoisotopic (exact) mass is 575 g/mol. The minimum Gasteiger partial charge on any atom is -0.378 e. The third-order valence-electron chi connectivity index (χ3n) is 8.60. The lowest BCUT2D eigenvalue weighted by molar-refractivity contribution is -0.0396. The molecule has 0 unspecified atom stereocenters. The number of thiophene rings is 1. The first-order valence-electron chi connectivity index (χ1n) is 14.4. The Morgan fingerprint density at radius 3 is 2.45 bits per heavy atom. The van der Waals surface area contributed by atoms with Crippen molar-refractivity contribution in [2.24, 2.45) is 5.92 Å². The van der Waals surface area contributed by atoms with E-state index in [4.69, 9.17) is 24.4 Å². The molecule has 210 valence electrons. The van der Waals surface area contributed by atoms with Crippen LogP contribution in [0.5, 0.6) is 0 Å². The molecule has 1 aromatic carbocycles. The van der Waals surface area contributed by atoms with Crippen LogP contribution in [0.15, 0.2) is 35.5 Å². The number of hydrogen-bond donors (Lipinski definition) is 0. The number of thioether (sulfide) groups is 1. The van der Waals surface area contributed by atoms with Gasteiger partial charge in [-0.15, -0.1) is 11.3 Å². The van der Waals surface area contributed by atoms with Gasteiger partial charge in [0.15, 0.2) is 11.0 Å². The molecule has 0 radical (unpaired) electrons. The lowest BCUT2D eigenvalue weighted by Crippen LogP contribution is -2.39. The van der Waals surface area contributed by atoms with E-state index in [0.29, 0.717) is 12.5 Å². The normalized spacial score (nSPS) is 19.9. The highest BCUT2D eigenvalue weighted by atomic mass is 32.2. The molecular weight excluding hydrogens is 539 g/mol. The molecule has 0 spiro atoms. The van der Waals surface area contributed by atoms with Crippen molar-refractivity contribution in [3.05, 3.63) is 47.0 Å². The van der Waals surface area contributed by atoms with Crippen LogP contribution in [-0.2, 0) is 28.9 Å². The van der Waals surface area contributed by atoms with Gasteiger partial charge in [-0.25, -0.2) is 15.0 Å². The minimum absolute atomic E-state index is 0.226. The van der Waals surface area contributed by atoms with E-state index in [0.717, 1.165) is 79.4 Å². The molecule has 7 rings (SSSR count). The van der Waals surface area contributed by atoms with E-state index in [2.05, 4.69) is 60.2 Å². The molecule has 3 aromatic heterocycles. The molecule has 2 saturated heterocycles. The lowest BCUT2D eigenvalue weighted by Gasteiger charge is -2.36. The van der Waals surface area contributed by atoms with Crippen LogP contribution in [0.2, 0.25) is 0 Å². The predicted molar refractivity (Wildman–Crippen MR) is 165 cm³/mol. The van der Waals surface area contributed by atoms with Gasteiger partial charge in [0.05, 0.1) is 35.6 Å². The van der Waals surface area contributed by atoms with Crippen molar-refractivity contribution in [3.63, 3.8) is 0 Å². The molecule has 0 atom stereocenters. The standard InChI is InChI=1S/C31H37N5O2S2/c1-31(2)18-22-23(19-38-31)27(36-13-15-37-16-14-36)33-29-24(22)25-26(40-29)28(34-30(32-25)39-3)35-11-9-21(10-12-35)17-20-7-5-4-6-8-20/h4-8,21H,9-19H2,1-3H3. The summed E-state index contributed by atoms with van der Waals surface area (Å²) in [7, 11) is 0. The number of hydrogen-bond acceptors (Lipinski definition) is 9. The van der Waals surface area contributed by atoms with Crippen LogP contribution in [0.3, 0.4) is 0 Å². The first kappa shape index (κ1) is 26.4. The number of morpholine rings is 1. The van der Waals surface area contributed by atoms with E-state index >= 15 is 0 Å². The van der Waals surface area contributed by atoms with E-state index in [1.165, 1.54) is 39.6 Å². The summed E-state index contributed by atoms with van der Waals surface area (Å²) in [5.41, 5.74) is 4.86. The smallest absolute Gasteiger partial charge is 0.189 e. The zero-order valence-electron chi connectivity index (χ0n) is 23.6. The maximum atomic E-state index is 6.34. The fraction of sp³-hybridized carbons (Fsp3) is 0.516. The van der Waals surface area contributed by atoms with E-state index in [1.807, 2.05) is 0 Å². The molecule has 0 amide bonds. The Hall–Kier alpha value is -2.46. The SMILES string of the molecule is CSc1nc(N2CCC(Cc3ccccc3)CC2)c2sc3nc(N4CCOCC4)c4c(c3c2n1)CC(C)(C)OC4. The van der Waals surface area contributed by atoms with Crippen molar-refractivity contribution >= 4 is 55.2 Å². The quantitative estimate of drug-likeness (QED) is 0.209. The van der Waals surface area contributed by atoms with Crippen molar-refractivity contribution in [1.82, 2.24) is 15.0 Å². The number of nitrogens with zero attached hydrogens (tertiary/aromatic N) is 5. The number of benzene rings is 1. The van der Waals surface area contributed by atoms with Crippen LogP contribution in [0.4, 0.5) is 11.6 Å². The van der Waals surface area contributed by atoms with Crippen molar-refractivity contribution in [2.75, 3.05) is 55.4 Å². The zero-order valence-corrected chi connectivity index (χ0v) is 25.2. The molecule has 40 heavy (non-hydrogen) atoms. The maximum absolute atomic E-state index is 6.34. The zero-order chi connectivity index (χ0) is 27.3. The van der Waals surface area contributed by atoms with Crippen LogP contribution in [0.25, 0.3) is 20.4 Å². The van der Waals surface area contributed by atoms with Crippen molar-refractivity contribution in [1.29, 1.82) is 0 Å². The van der Waals surface area contributed by atoms with Gasteiger partial charge in [0.2, 0.25) is 0 Å². The summed E-state index contributed by atoms with van der Waals surface area (Å²) in [6.07, 6.45) is 6.45. The molecule has 9 heteroatoms. The second kappa shape index (κ2) is 10.7. The van der Waals surface area contributed by atoms with Gasteiger partial charge in [0.25, 0.3) is 0 Å². The Morgan fingerprint density at radius 1 is 0.950 bits per heavy atom. The van der Waals surface area contributed by atoms with Gasteiger partial charge in [-0.1, -0.05) is 42.1 Å². The summed E-state index contributed by atoms with van der Waals surface area (Å²) in [6.45, 7) is 10.2. The molecule has 2 fully saturated rings. The van der Waals surface area contributed by atoms with Gasteiger partial charge in [-0.2, -0.15) is 0 Å². The van der Waals surface area contributed by atoms with Gasteiger partial charge >= 0.3 is 0 Å². The number of anilines is 2. The van der Waals surface area contributed by atoms with Crippen LogP contribution in [0.1, 0.15) is 43.4 Å². The second-order valence-corrected chi connectivity index (χ2v) is 13.6. The van der Waals surface area contributed by atoms with Gasteiger partial charge in [-0.05, 0) is 56.4 Å². The summed E-state index contributed by atoms with van der Waals surface area (Å²) in [5.74, 6) is 2.86. The highest BCUT2D eigenvalue weighted by Gasteiger charge is 2.34. The van der Waals surface area contributed by atoms with E-state index in [1.54, 1.807) is 23.1 Å². The molecule has 0 saturated carbocycles. The fourth-order valence-electron chi connectivity index (χ4n) is 6.46. The van der Waals surface area contributed by atoms with Gasteiger partial charge in [0, 0.05) is 43.5 Å². The summed E-state index contributed by atoms with van der Waals surface area (Å²) >= 11 is 3.40. The molecule has 0 aliphatic carbocycles. The summed E-state index contributed by atoms with van der Waals surface area (Å²) < 4.78 is 13.2. The number of ether oxygens (including phenoxy) is 2. The third kappa shape index (κ3) is 4.95. The lowest BCUT2D eigenvalue weighted by atomic mass is 9.89. The number of rotatable bonds is 5. The highest BCUT2D eigenvalue weighted by Crippen LogP contribution is 2.45. The average Bonchev–Trinajstić information content (AvgIpc) is 3.36. The molecule has 7 nitrogen and oxygen atoms in total. The van der Waals surface area contributed by atoms with Crippen molar-refractivity contribution < 1.29 is 9.47 Å². The third-order valence-corrected chi connectivity index (χ3v) is 10.2. The molecule has 3 aliphatic heterocycles. The topological polar surface area (TPSA) is 63.6 Å². The summed E-state index contributed by atoms with van der Waals surface area (Å²) in [4.78, 5) is 21.5. The Kier molecular flexibility index (Phi) is 7.10. The highest BCUT2D eigenvalue weighted by molar-refractivity contribution is 7.98. The van der Waals surface area contributed by atoms with E-state index in [9.17, 15) is 0 Å². The number of fused-ring (bicyclic) bond motifs is 5. The first-order chi connectivity index (χ1) is 19.5. The largest absolute Gasteiger partial charge is 0.378 e. The Bertz CT molecular complexity index is 1530. The van der Waals surface area contributed by atoms with Crippen LogP contribution < -0.4 is 9.80 Å². The van der Waals surface area contributed by atoms with Crippen LogP contribution in [-0.4, -0.2) is 66.2 Å². The molecule has 0 N–H and O–H groups in total. The molecule has 3 aliphatic rings. The Morgan fingerprint density at radius 2 is 1.70 bits per heavy atom. The summed E-state index contributed by atoms with van der Waals surface area (Å²) in [6, 6.07) is 10.9. The Labute approximate surface area is 244 Å². The number of pyridine rings is 1. The molecule has 4 aromatic rings. The first-order valence-corrected chi connectivity index (χ1v) is 16.5. The van der Waals surface area contributed by atoms with Gasteiger partial charge in [-0.3, -0.25) is 0 Å². The average molecular weight is 576 g/mol. The molecule has 0 bridgehead atoms. The van der Waals surface area contributed by atoms with Crippen molar-refractivity contribution in [3.8, 4) is 0 Å². The van der Waals surface area contributed by atoms with Crippen LogP contribution in [0, 0.1) is 5.92 Å². The Balaban J connectivity index is 1.30. The van der Waals surface area contributed by atoms with Crippen molar-refractivity contribution in [2.45, 2.75) is 56.9 Å². The van der Waals surface area contributed by atoms with Gasteiger partial charge in [0.1, 0.15) is 10.6 Å². The van der Waals surface area contributed by atoms with Gasteiger partial charge < -0.3 is 19.3 Å². The number of piperidine rings is 1. The van der Waals surface area contributed by atoms with E-state index in [-0.39, 0.29) is 5.60 Å². The van der Waals surface area contributed by atoms with Crippen LogP contribution >= 0.6 is 23.1 Å². The minimum atomic E-state index is -0.226. The second-order valence-electron chi connectivity index (χ2n) is 11.8. The van der Waals surface area contributed by atoms with E-state index < -0.39 is 0 Å².